The topological polar surface area (TPSA) is 58.0 Å². The standard InChI is InChI=1S/C13H17N3O/c1-17-11-7-8-13(15-16-14)12(9-11)10-5-3-2-4-6-10/h7-10H,2-6H2,1H3. The fourth-order valence-electron chi connectivity index (χ4n) is 2.54. The summed E-state index contributed by atoms with van der Waals surface area (Å²) in [6, 6.07) is 5.71. The molecule has 0 unspecified atom stereocenters. The molecule has 0 aromatic heterocycles. The van der Waals surface area contributed by atoms with Crippen molar-refractivity contribution in [2.24, 2.45) is 5.11 Å². The quantitative estimate of drug-likeness (QED) is 0.423. The summed E-state index contributed by atoms with van der Waals surface area (Å²) < 4.78 is 5.24. The molecule has 0 spiro atoms. The van der Waals surface area contributed by atoms with Gasteiger partial charge in [0.15, 0.2) is 0 Å². The Bertz CT molecular complexity index is 432. The van der Waals surface area contributed by atoms with Crippen molar-refractivity contribution in [2.45, 2.75) is 38.0 Å². The van der Waals surface area contributed by atoms with Gasteiger partial charge in [-0.15, -0.1) is 0 Å². The van der Waals surface area contributed by atoms with Crippen LogP contribution in [-0.4, -0.2) is 7.11 Å². The van der Waals surface area contributed by atoms with Crippen LogP contribution in [0.25, 0.3) is 10.4 Å². The predicted molar refractivity (Wildman–Crippen MR) is 67.6 cm³/mol. The number of methoxy groups -OCH3 is 1. The Morgan fingerprint density at radius 1 is 1.29 bits per heavy atom. The van der Waals surface area contributed by atoms with Gasteiger partial charge in [0.05, 0.1) is 7.11 Å². The zero-order chi connectivity index (χ0) is 12.1. The van der Waals surface area contributed by atoms with Crippen LogP contribution >= 0.6 is 0 Å². The fourth-order valence-corrected chi connectivity index (χ4v) is 2.54. The first-order chi connectivity index (χ1) is 8.35. The lowest BCUT2D eigenvalue weighted by Gasteiger charge is -2.23. The van der Waals surface area contributed by atoms with E-state index in [4.69, 9.17) is 10.3 Å². The van der Waals surface area contributed by atoms with Gasteiger partial charge in [0, 0.05) is 10.6 Å². The normalized spacial score (nSPS) is 16.3. The van der Waals surface area contributed by atoms with Crippen molar-refractivity contribution in [1.29, 1.82) is 0 Å². The Labute approximate surface area is 101 Å². The van der Waals surface area contributed by atoms with Gasteiger partial charge >= 0.3 is 0 Å². The van der Waals surface area contributed by atoms with E-state index < -0.39 is 0 Å². The molecule has 1 aromatic rings. The summed E-state index contributed by atoms with van der Waals surface area (Å²) in [6.45, 7) is 0. The molecule has 4 nitrogen and oxygen atoms in total. The molecule has 0 radical (unpaired) electrons. The van der Waals surface area contributed by atoms with Crippen molar-refractivity contribution < 1.29 is 4.74 Å². The molecule has 1 aliphatic rings. The van der Waals surface area contributed by atoms with Crippen molar-refractivity contribution in [3.05, 3.63) is 34.2 Å². The second kappa shape index (κ2) is 5.60. The van der Waals surface area contributed by atoms with Crippen LogP contribution in [0, 0.1) is 0 Å². The monoisotopic (exact) mass is 231 g/mol. The van der Waals surface area contributed by atoms with Crippen LogP contribution in [0.5, 0.6) is 5.75 Å². The minimum atomic E-state index is 0.513. The summed E-state index contributed by atoms with van der Waals surface area (Å²) in [6.07, 6.45) is 6.20. The van der Waals surface area contributed by atoms with Gasteiger partial charge in [0.2, 0.25) is 0 Å². The number of rotatable bonds is 3. The van der Waals surface area contributed by atoms with Crippen LogP contribution in [0.4, 0.5) is 5.69 Å². The predicted octanol–water partition coefficient (Wildman–Crippen LogP) is 4.68. The molecule has 0 bridgehead atoms. The Balaban J connectivity index is 2.36. The molecule has 1 saturated carbocycles. The molecule has 0 amide bonds. The van der Waals surface area contributed by atoms with Gasteiger partial charge in [-0.1, -0.05) is 24.4 Å². The van der Waals surface area contributed by atoms with E-state index in [9.17, 15) is 0 Å². The maximum absolute atomic E-state index is 8.60. The third-order valence-corrected chi connectivity index (χ3v) is 3.43. The van der Waals surface area contributed by atoms with Crippen molar-refractivity contribution in [3.63, 3.8) is 0 Å². The van der Waals surface area contributed by atoms with Gasteiger partial charge in [-0.2, -0.15) is 0 Å². The largest absolute Gasteiger partial charge is 0.497 e. The molecule has 0 saturated heterocycles. The number of ether oxygens (including phenoxy) is 1. The Hall–Kier alpha value is -1.67. The molecule has 0 N–H and O–H groups in total. The highest BCUT2D eigenvalue weighted by Crippen LogP contribution is 2.39. The number of nitrogens with zero attached hydrogens (tertiary/aromatic N) is 3. The van der Waals surface area contributed by atoms with Crippen LogP contribution < -0.4 is 4.74 Å². The lowest BCUT2D eigenvalue weighted by atomic mass is 9.83. The van der Waals surface area contributed by atoms with Crippen molar-refractivity contribution >= 4 is 5.69 Å². The molecule has 0 atom stereocenters. The van der Waals surface area contributed by atoms with Crippen LogP contribution in [0.3, 0.4) is 0 Å². The van der Waals surface area contributed by atoms with Gasteiger partial charge in [0.25, 0.3) is 0 Å². The van der Waals surface area contributed by atoms with Gasteiger partial charge in [0.1, 0.15) is 5.75 Å². The summed E-state index contributed by atoms with van der Waals surface area (Å²) in [5.41, 5.74) is 10.5. The van der Waals surface area contributed by atoms with E-state index in [-0.39, 0.29) is 0 Å². The van der Waals surface area contributed by atoms with Crippen molar-refractivity contribution in [1.82, 2.24) is 0 Å². The molecular formula is C13H17N3O. The smallest absolute Gasteiger partial charge is 0.119 e. The third kappa shape index (κ3) is 2.71. The van der Waals surface area contributed by atoms with Gasteiger partial charge < -0.3 is 4.74 Å². The lowest BCUT2D eigenvalue weighted by molar-refractivity contribution is 0.410. The first-order valence-corrected chi connectivity index (χ1v) is 6.08. The van der Waals surface area contributed by atoms with Crippen molar-refractivity contribution in [2.75, 3.05) is 7.11 Å². The summed E-state index contributed by atoms with van der Waals surface area (Å²) in [7, 11) is 1.66. The van der Waals surface area contributed by atoms with Crippen molar-refractivity contribution in [3.8, 4) is 5.75 Å². The first-order valence-electron chi connectivity index (χ1n) is 6.08. The second-order valence-electron chi connectivity index (χ2n) is 4.45. The SMILES string of the molecule is COc1ccc(N=[N+]=[N-])c(C2CCCCC2)c1. The average Bonchev–Trinajstić information content (AvgIpc) is 2.40. The summed E-state index contributed by atoms with van der Waals surface area (Å²) in [4.78, 5) is 2.90. The number of hydrogen-bond acceptors (Lipinski definition) is 2. The summed E-state index contributed by atoms with van der Waals surface area (Å²) >= 11 is 0. The highest BCUT2D eigenvalue weighted by atomic mass is 16.5. The highest BCUT2D eigenvalue weighted by molar-refractivity contribution is 5.51. The summed E-state index contributed by atoms with van der Waals surface area (Å²) in [5.74, 6) is 1.35. The number of benzene rings is 1. The van der Waals surface area contributed by atoms with E-state index >= 15 is 0 Å². The molecule has 1 fully saturated rings. The Kier molecular flexibility index (Phi) is 3.89. The van der Waals surface area contributed by atoms with Crippen LogP contribution in [0.15, 0.2) is 23.3 Å². The Morgan fingerprint density at radius 3 is 2.71 bits per heavy atom. The minimum Gasteiger partial charge on any atom is -0.497 e. The van der Waals surface area contributed by atoms with E-state index in [1.807, 2.05) is 18.2 Å². The van der Waals surface area contributed by atoms with E-state index in [0.717, 1.165) is 17.0 Å². The molecule has 2 rings (SSSR count). The molecule has 90 valence electrons. The fraction of sp³-hybridized carbons (Fsp3) is 0.538. The van der Waals surface area contributed by atoms with E-state index in [1.54, 1.807) is 7.11 Å². The molecule has 17 heavy (non-hydrogen) atoms. The van der Waals surface area contributed by atoms with Gasteiger partial charge in [-0.3, -0.25) is 0 Å². The van der Waals surface area contributed by atoms with Crippen LogP contribution in [0.1, 0.15) is 43.6 Å². The van der Waals surface area contributed by atoms with Gasteiger partial charge in [-0.05, 0) is 48.1 Å². The molecule has 4 heteroatoms. The van der Waals surface area contributed by atoms with E-state index in [2.05, 4.69) is 10.0 Å². The zero-order valence-electron chi connectivity index (χ0n) is 10.1. The second-order valence-corrected chi connectivity index (χ2v) is 4.45. The molecule has 0 heterocycles. The summed E-state index contributed by atoms with van der Waals surface area (Å²) in [5, 5.41) is 3.78. The number of azide groups is 1. The minimum absolute atomic E-state index is 0.513. The van der Waals surface area contributed by atoms with Gasteiger partial charge in [-0.25, -0.2) is 0 Å². The molecule has 1 aromatic carbocycles. The lowest BCUT2D eigenvalue weighted by Crippen LogP contribution is -2.04. The number of hydrogen-bond donors (Lipinski definition) is 0. The van der Waals surface area contributed by atoms with Crippen LogP contribution in [0.2, 0.25) is 0 Å². The first kappa shape index (κ1) is 11.8. The van der Waals surface area contributed by atoms with E-state index in [1.165, 1.54) is 32.1 Å². The zero-order valence-corrected chi connectivity index (χ0v) is 10.1. The average molecular weight is 231 g/mol. The Morgan fingerprint density at radius 2 is 2.06 bits per heavy atom. The highest BCUT2D eigenvalue weighted by Gasteiger charge is 2.18. The molecule has 1 aliphatic carbocycles. The van der Waals surface area contributed by atoms with Crippen LogP contribution in [-0.2, 0) is 0 Å². The maximum atomic E-state index is 8.60. The molecule has 0 aliphatic heterocycles. The van der Waals surface area contributed by atoms with E-state index in [0.29, 0.717) is 5.92 Å². The third-order valence-electron chi connectivity index (χ3n) is 3.43. The maximum Gasteiger partial charge on any atom is 0.119 e. The molecular weight excluding hydrogens is 214 g/mol.